The van der Waals surface area contributed by atoms with Crippen molar-refractivity contribution in [3.05, 3.63) is 124 Å². The number of halogens is 1. The molecule has 2 amide bonds. The molecule has 8 nitrogen and oxygen atoms in total. The van der Waals surface area contributed by atoms with Crippen molar-refractivity contribution in [3.8, 4) is 11.5 Å². The van der Waals surface area contributed by atoms with Gasteiger partial charge in [-0.15, -0.1) is 0 Å². The second-order valence-electron chi connectivity index (χ2n) is 10.5. The van der Waals surface area contributed by atoms with E-state index >= 15 is 0 Å². The molecule has 0 aromatic heterocycles. The number of carbonyl (C=O) groups is 3. The van der Waals surface area contributed by atoms with Crippen molar-refractivity contribution in [2.24, 2.45) is 0 Å². The number of esters is 2. The molecule has 1 N–H and O–H groups in total. The van der Waals surface area contributed by atoms with E-state index in [-0.39, 0.29) is 13.0 Å². The first-order valence-corrected chi connectivity index (χ1v) is 14.9. The number of anilines is 3. The molecule has 5 rings (SSSR count). The lowest BCUT2D eigenvalue weighted by atomic mass is 9.93. The van der Waals surface area contributed by atoms with Crippen LogP contribution >= 0.6 is 11.6 Å². The Bertz CT molecular complexity index is 1720. The summed E-state index contributed by atoms with van der Waals surface area (Å²) in [5.41, 5.74) is 4.93. The molecule has 45 heavy (non-hydrogen) atoms. The summed E-state index contributed by atoms with van der Waals surface area (Å²) in [5.74, 6) is -0.0484. The summed E-state index contributed by atoms with van der Waals surface area (Å²) in [6.07, 6.45) is 2.86. The number of amides is 2. The smallest absolute Gasteiger partial charge is 0.341 e. The third kappa shape index (κ3) is 7.02. The lowest BCUT2D eigenvalue weighted by molar-refractivity contribution is -0.134. The average Bonchev–Trinajstić information content (AvgIpc) is 3.44. The molecule has 4 aromatic rings. The van der Waals surface area contributed by atoms with Crippen LogP contribution in [0.5, 0.6) is 11.5 Å². The number of nitrogens with one attached hydrogen (secondary N) is 1. The molecule has 0 atom stereocenters. The van der Waals surface area contributed by atoms with Crippen molar-refractivity contribution >= 4 is 46.6 Å². The average molecular weight is 625 g/mol. The van der Waals surface area contributed by atoms with E-state index in [4.69, 9.17) is 25.8 Å². The maximum atomic E-state index is 14.1. The molecule has 0 aliphatic carbocycles. The number of ether oxygens (including phenoxy) is 3. The van der Waals surface area contributed by atoms with Crippen LogP contribution in [0, 0.1) is 6.92 Å². The van der Waals surface area contributed by atoms with Gasteiger partial charge in [-0.25, -0.2) is 9.59 Å². The first-order valence-electron chi connectivity index (χ1n) is 14.5. The Balaban J connectivity index is 1.45. The molecule has 0 unspecified atom stereocenters. The number of cyclic esters (lactones) is 1. The Hall–Kier alpha value is -5.08. The lowest BCUT2D eigenvalue weighted by Gasteiger charge is -2.26. The fourth-order valence-electron chi connectivity index (χ4n) is 5.27. The second kappa shape index (κ2) is 14.1. The molecule has 1 heterocycles. The number of carbonyl (C=O) groups excluding carboxylic acids is 3. The van der Waals surface area contributed by atoms with E-state index in [1.807, 2.05) is 80.6 Å². The largest absolute Gasteiger partial charge is 0.496 e. The molecule has 0 fully saturated rings. The molecule has 1 aliphatic heterocycles. The van der Waals surface area contributed by atoms with E-state index < -0.39 is 18.0 Å². The maximum absolute atomic E-state index is 14.1. The maximum Gasteiger partial charge on any atom is 0.341 e. The monoisotopic (exact) mass is 624 g/mol. The predicted molar refractivity (Wildman–Crippen MR) is 175 cm³/mol. The predicted octanol–water partition coefficient (Wildman–Crippen LogP) is 8.57. The van der Waals surface area contributed by atoms with Gasteiger partial charge in [0, 0.05) is 17.5 Å². The quantitative estimate of drug-likeness (QED) is 0.108. The minimum atomic E-state index is -0.513. The zero-order valence-electron chi connectivity index (χ0n) is 25.3. The summed E-state index contributed by atoms with van der Waals surface area (Å²) >= 11 is 6.11. The van der Waals surface area contributed by atoms with E-state index in [0.717, 1.165) is 11.1 Å². The summed E-state index contributed by atoms with van der Waals surface area (Å²) in [5, 5.41) is 3.40. The van der Waals surface area contributed by atoms with Gasteiger partial charge >= 0.3 is 18.0 Å². The van der Waals surface area contributed by atoms with Crippen LogP contribution in [0.4, 0.5) is 21.9 Å². The fourth-order valence-corrected chi connectivity index (χ4v) is 5.44. The Kier molecular flexibility index (Phi) is 9.85. The highest BCUT2D eigenvalue weighted by molar-refractivity contribution is 6.32. The molecule has 1 aliphatic rings. The number of para-hydroxylation sites is 3. The van der Waals surface area contributed by atoms with Crippen LogP contribution in [0.25, 0.3) is 0 Å². The van der Waals surface area contributed by atoms with Crippen LogP contribution in [0.2, 0.25) is 5.02 Å². The zero-order chi connectivity index (χ0) is 31.9. The van der Waals surface area contributed by atoms with E-state index in [9.17, 15) is 14.4 Å². The van der Waals surface area contributed by atoms with Crippen molar-refractivity contribution in [2.45, 2.75) is 39.7 Å². The topological polar surface area (TPSA) is 94.2 Å². The van der Waals surface area contributed by atoms with Crippen molar-refractivity contribution < 1.29 is 28.6 Å². The molecule has 0 bridgehead atoms. The molecule has 0 saturated heterocycles. The number of hydrogen-bond donors (Lipinski definition) is 1. The van der Waals surface area contributed by atoms with Crippen LogP contribution in [-0.2, 0) is 22.6 Å². The van der Waals surface area contributed by atoms with Gasteiger partial charge in [0.25, 0.3) is 0 Å². The fraction of sp³-hybridized carbons (Fsp3) is 0.194. The number of benzene rings is 4. The van der Waals surface area contributed by atoms with E-state index in [0.29, 0.717) is 63.1 Å². The van der Waals surface area contributed by atoms with Gasteiger partial charge in [-0.3, -0.25) is 9.69 Å². The Morgan fingerprint density at radius 1 is 0.956 bits per heavy atom. The van der Waals surface area contributed by atoms with Crippen LogP contribution in [-0.4, -0.2) is 25.1 Å². The summed E-state index contributed by atoms with van der Waals surface area (Å²) in [4.78, 5) is 41.2. The normalized spacial score (nSPS) is 12.3. The summed E-state index contributed by atoms with van der Waals surface area (Å²) in [7, 11) is 1.56. The summed E-state index contributed by atoms with van der Waals surface area (Å²) in [6.45, 7) is 3.87. The highest BCUT2D eigenvalue weighted by atomic mass is 35.5. The number of allylic oxidation sites excluding steroid dienone is 2. The Labute approximate surface area is 267 Å². The molecule has 230 valence electrons. The van der Waals surface area contributed by atoms with E-state index in [2.05, 4.69) is 5.32 Å². The molecule has 0 saturated carbocycles. The van der Waals surface area contributed by atoms with Crippen molar-refractivity contribution in [2.75, 3.05) is 17.3 Å². The molecule has 9 heteroatoms. The minimum absolute atomic E-state index is 0.0863. The van der Waals surface area contributed by atoms with Crippen molar-refractivity contribution in [1.29, 1.82) is 0 Å². The third-order valence-electron chi connectivity index (χ3n) is 7.58. The van der Waals surface area contributed by atoms with Crippen LogP contribution in [0.1, 0.15) is 46.8 Å². The van der Waals surface area contributed by atoms with E-state index in [1.165, 1.54) is 0 Å². The standard InChI is InChI=1S/C36H33ClN2O6/c1-23(19-21-31(40)45-30-17-11-10-16-29(30)37)18-20-27-33(32-28(22-44-35(32)41)24(2)34(27)43-3)38-36(42)39(25-12-6-4-7-13-25)26-14-8-5-9-15-26/h4-18H,19-22H2,1-3H3,(H,38,42). The number of methoxy groups -OCH3 is 1. The molecule has 4 aromatic carbocycles. The molecular formula is C36H33ClN2O6. The van der Waals surface area contributed by atoms with E-state index in [1.54, 1.807) is 36.3 Å². The first-order chi connectivity index (χ1) is 21.8. The number of urea groups is 1. The van der Waals surface area contributed by atoms with Gasteiger partial charge in [-0.2, -0.15) is 0 Å². The van der Waals surface area contributed by atoms with Gasteiger partial charge in [0.1, 0.15) is 18.1 Å². The molecule has 0 spiro atoms. The summed E-state index contributed by atoms with van der Waals surface area (Å²) in [6, 6.07) is 24.9. The lowest BCUT2D eigenvalue weighted by Crippen LogP contribution is -2.32. The van der Waals surface area contributed by atoms with Gasteiger partial charge in [0.15, 0.2) is 0 Å². The highest BCUT2D eigenvalue weighted by Gasteiger charge is 2.33. The SMILES string of the molecule is COc1c(C)c2c(c(NC(=O)N(c3ccccc3)c3ccccc3)c1CC=C(C)CCC(=O)Oc1ccccc1Cl)C(=O)OC2. The van der Waals surface area contributed by atoms with Crippen LogP contribution < -0.4 is 19.7 Å². The zero-order valence-corrected chi connectivity index (χ0v) is 26.0. The highest BCUT2D eigenvalue weighted by Crippen LogP contribution is 2.42. The third-order valence-corrected chi connectivity index (χ3v) is 7.89. The van der Waals surface area contributed by atoms with Crippen LogP contribution in [0.15, 0.2) is 96.6 Å². The van der Waals surface area contributed by atoms with Crippen molar-refractivity contribution in [3.63, 3.8) is 0 Å². The van der Waals surface area contributed by atoms with Crippen molar-refractivity contribution in [1.82, 2.24) is 0 Å². The number of rotatable bonds is 10. The van der Waals surface area contributed by atoms with Gasteiger partial charge in [0.05, 0.1) is 34.8 Å². The molecule has 0 radical (unpaired) electrons. The second-order valence-corrected chi connectivity index (χ2v) is 10.9. The van der Waals surface area contributed by atoms with Gasteiger partial charge in [-0.1, -0.05) is 71.8 Å². The number of hydrogen-bond acceptors (Lipinski definition) is 6. The Morgan fingerprint density at radius 3 is 2.20 bits per heavy atom. The first kappa shape index (κ1) is 31.3. The van der Waals surface area contributed by atoms with Crippen LogP contribution in [0.3, 0.4) is 0 Å². The number of nitrogens with zero attached hydrogens (tertiary/aromatic N) is 1. The number of fused-ring (bicyclic) bond motifs is 1. The minimum Gasteiger partial charge on any atom is -0.496 e. The molecular weight excluding hydrogens is 592 g/mol. The summed E-state index contributed by atoms with van der Waals surface area (Å²) < 4.78 is 16.7. The van der Waals surface area contributed by atoms with Gasteiger partial charge in [-0.05, 0) is 68.7 Å². The Morgan fingerprint density at radius 2 is 1.58 bits per heavy atom. The van der Waals surface area contributed by atoms with Gasteiger partial charge in [0.2, 0.25) is 0 Å². The van der Waals surface area contributed by atoms with Gasteiger partial charge < -0.3 is 19.5 Å².